The molecule has 1 atom stereocenters. The van der Waals surface area contributed by atoms with E-state index in [9.17, 15) is 0 Å². The molecule has 0 saturated carbocycles. The molecule has 1 aromatic rings. The first-order valence-electron chi connectivity index (χ1n) is 5.71. The summed E-state index contributed by atoms with van der Waals surface area (Å²) in [6.45, 7) is 2.81. The number of benzene rings is 1. The molecule has 1 aliphatic rings. The molecule has 1 fully saturated rings. The third-order valence-corrected chi connectivity index (χ3v) is 3.14. The summed E-state index contributed by atoms with van der Waals surface area (Å²) in [5.41, 5.74) is 2.52. The third kappa shape index (κ3) is 2.36. The van der Waals surface area contributed by atoms with E-state index in [1.54, 1.807) is 14.2 Å². The van der Waals surface area contributed by atoms with Crippen LogP contribution in [0.5, 0.6) is 5.75 Å². The average molecular weight is 221 g/mol. The molecule has 1 saturated heterocycles. The summed E-state index contributed by atoms with van der Waals surface area (Å²) in [6.07, 6.45) is 1.22. The van der Waals surface area contributed by atoms with Crippen LogP contribution in [0, 0.1) is 0 Å². The van der Waals surface area contributed by atoms with E-state index in [0.717, 1.165) is 24.4 Å². The van der Waals surface area contributed by atoms with Crippen LogP contribution >= 0.6 is 0 Å². The Hall–Kier alpha value is -1.06. The Labute approximate surface area is 96.8 Å². The van der Waals surface area contributed by atoms with Crippen molar-refractivity contribution in [2.45, 2.75) is 18.9 Å². The van der Waals surface area contributed by atoms with Gasteiger partial charge in [0.25, 0.3) is 0 Å². The van der Waals surface area contributed by atoms with Crippen LogP contribution in [-0.2, 0) is 11.3 Å². The predicted molar refractivity (Wildman–Crippen MR) is 63.9 cm³/mol. The Morgan fingerprint density at radius 1 is 1.38 bits per heavy atom. The van der Waals surface area contributed by atoms with E-state index in [-0.39, 0.29) is 0 Å². The topological polar surface area (TPSA) is 30.5 Å². The predicted octanol–water partition coefficient (Wildman–Crippen LogP) is 1.92. The van der Waals surface area contributed by atoms with E-state index in [1.165, 1.54) is 12.0 Å². The van der Waals surface area contributed by atoms with Crippen LogP contribution in [-0.4, -0.2) is 27.3 Å². The molecule has 0 aromatic heterocycles. The van der Waals surface area contributed by atoms with Crippen molar-refractivity contribution in [3.8, 4) is 5.75 Å². The summed E-state index contributed by atoms with van der Waals surface area (Å²) in [5.74, 6) is 1.55. The molecule has 3 heteroatoms. The second kappa shape index (κ2) is 5.32. The van der Waals surface area contributed by atoms with Gasteiger partial charge >= 0.3 is 0 Å². The highest BCUT2D eigenvalue weighted by atomic mass is 16.5. The Balaban J connectivity index is 2.23. The molecular weight excluding hydrogens is 202 g/mol. The molecule has 1 heterocycles. The zero-order chi connectivity index (χ0) is 11.4. The molecule has 1 aliphatic heterocycles. The maximum atomic E-state index is 5.32. The maximum absolute atomic E-state index is 5.32. The number of hydrogen-bond donors (Lipinski definition) is 1. The summed E-state index contributed by atoms with van der Waals surface area (Å²) >= 11 is 0. The minimum Gasteiger partial charge on any atom is -0.496 e. The van der Waals surface area contributed by atoms with Gasteiger partial charge < -0.3 is 14.8 Å². The molecule has 0 amide bonds. The number of ether oxygens (including phenoxy) is 2. The standard InChI is InChI=1S/C13H19NO2/c1-15-9-12-7-10(3-4-13(12)16-2)11-5-6-14-8-11/h3-4,7,11,14H,5-6,8-9H2,1-2H3. The zero-order valence-corrected chi connectivity index (χ0v) is 9.95. The third-order valence-electron chi connectivity index (χ3n) is 3.14. The number of hydrogen-bond acceptors (Lipinski definition) is 3. The first-order chi connectivity index (χ1) is 7.85. The molecule has 1 unspecified atom stereocenters. The lowest BCUT2D eigenvalue weighted by molar-refractivity contribution is 0.181. The SMILES string of the molecule is COCc1cc(C2CCNC2)ccc1OC. The van der Waals surface area contributed by atoms with E-state index in [4.69, 9.17) is 9.47 Å². The van der Waals surface area contributed by atoms with Crippen molar-refractivity contribution >= 4 is 0 Å². The van der Waals surface area contributed by atoms with E-state index in [0.29, 0.717) is 12.5 Å². The fourth-order valence-electron chi connectivity index (χ4n) is 2.26. The summed E-state index contributed by atoms with van der Waals surface area (Å²) in [7, 11) is 3.41. The van der Waals surface area contributed by atoms with Crippen molar-refractivity contribution in [3.63, 3.8) is 0 Å². The van der Waals surface area contributed by atoms with Gasteiger partial charge in [-0.05, 0) is 36.6 Å². The summed E-state index contributed by atoms with van der Waals surface area (Å²) in [5, 5.41) is 3.39. The molecule has 1 N–H and O–H groups in total. The van der Waals surface area contributed by atoms with Crippen LogP contribution in [0.25, 0.3) is 0 Å². The fourth-order valence-corrected chi connectivity index (χ4v) is 2.26. The molecule has 0 aliphatic carbocycles. The molecule has 16 heavy (non-hydrogen) atoms. The van der Waals surface area contributed by atoms with Gasteiger partial charge in [-0.25, -0.2) is 0 Å². The van der Waals surface area contributed by atoms with Gasteiger partial charge in [-0.1, -0.05) is 6.07 Å². The minimum absolute atomic E-state index is 0.608. The van der Waals surface area contributed by atoms with Crippen LogP contribution < -0.4 is 10.1 Å². The fraction of sp³-hybridized carbons (Fsp3) is 0.538. The normalized spacial score (nSPS) is 20.0. The van der Waals surface area contributed by atoms with Gasteiger partial charge in [0.1, 0.15) is 5.75 Å². The van der Waals surface area contributed by atoms with Crippen LogP contribution in [0.4, 0.5) is 0 Å². The maximum Gasteiger partial charge on any atom is 0.124 e. The van der Waals surface area contributed by atoms with E-state index in [2.05, 4.69) is 17.4 Å². The Morgan fingerprint density at radius 3 is 2.88 bits per heavy atom. The van der Waals surface area contributed by atoms with Crippen molar-refractivity contribution in [1.82, 2.24) is 5.32 Å². The lowest BCUT2D eigenvalue weighted by Gasteiger charge is -2.13. The molecule has 0 spiro atoms. The number of rotatable bonds is 4. The van der Waals surface area contributed by atoms with Crippen LogP contribution in [0.2, 0.25) is 0 Å². The average Bonchev–Trinajstić information content (AvgIpc) is 2.83. The molecule has 0 radical (unpaired) electrons. The van der Waals surface area contributed by atoms with E-state index in [1.807, 2.05) is 6.07 Å². The Morgan fingerprint density at radius 2 is 2.25 bits per heavy atom. The first-order valence-corrected chi connectivity index (χ1v) is 5.71. The quantitative estimate of drug-likeness (QED) is 0.842. The number of nitrogens with one attached hydrogen (secondary N) is 1. The molecule has 88 valence electrons. The van der Waals surface area contributed by atoms with E-state index >= 15 is 0 Å². The molecular formula is C13H19NO2. The summed E-state index contributed by atoms with van der Waals surface area (Å²) in [6, 6.07) is 6.41. The van der Waals surface area contributed by atoms with Crippen LogP contribution in [0.3, 0.4) is 0 Å². The van der Waals surface area contributed by atoms with E-state index < -0.39 is 0 Å². The van der Waals surface area contributed by atoms with Crippen LogP contribution in [0.15, 0.2) is 18.2 Å². The largest absolute Gasteiger partial charge is 0.496 e. The van der Waals surface area contributed by atoms with Gasteiger partial charge in [-0.2, -0.15) is 0 Å². The molecule has 3 nitrogen and oxygen atoms in total. The van der Waals surface area contributed by atoms with Crippen molar-refractivity contribution in [2.75, 3.05) is 27.3 Å². The Kier molecular flexibility index (Phi) is 3.80. The number of methoxy groups -OCH3 is 2. The van der Waals surface area contributed by atoms with Gasteiger partial charge in [-0.3, -0.25) is 0 Å². The van der Waals surface area contributed by atoms with Gasteiger partial charge in [0.15, 0.2) is 0 Å². The van der Waals surface area contributed by atoms with Gasteiger partial charge in [-0.15, -0.1) is 0 Å². The summed E-state index contributed by atoms with van der Waals surface area (Å²) in [4.78, 5) is 0. The zero-order valence-electron chi connectivity index (χ0n) is 9.95. The van der Waals surface area contributed by atoms with Crippen molar-refractivity contribution in [3.05, 3.63) is 29.3 Å². The lowest BCUT2D eigenvalue weighted by atomic mass is 9.96. The van der Waals surface area contributed by atoms with Gasteiger partial charge in [0.2, 0.25) is 0 Å². The second-order valence-corrected chi connectivity index (χ2v) is 4.19. The minimum atomic E-state index is 0.608. The first kappa shape index (κ1) is 11.4. The monoisotopic (exact) mass is 221 g/mol. The smallest absolute Gasteiger partial charge is 0.124 e. The van der Waals surface area contributed by atoms with Crippen molar-refractivity contribution < 1.29 is 9.47 Å². The lowest BCUT2D eigenvalue weighted by Crippen LogP contribution is -2.08. The van der Waals surface area contributed by atoms with Crippen molar-refractivity contribution in [2.24, 2.45) is 0 Å². The molecule has 1 aromatic carbocycles. The molecule has 0 bridgehead atoms. The van der Waals surface area contributed by atoms with Gasteiger partial charge in [0, 0.05) is 19.2 Å². The van der Waals surface area contributed by atoms with Crippen molar-refractivity contribution in [1.29, 1.82) is 0 Å². The Bertz CT molecular complexity index is 346. The molecule has 2 rings (SSSR count). The highest BCUT2D eigenvalue weighted by Crippen LogP contribution is 2.28. The highest BCUT2D eigenvalue weighted by Gasteiger charge is 2.17. The van der Waals surface area contributed by atoms with Gasteiger partial charge in [0.05, 0.1) is 13.7 Å². The van der Waals surface area contributed by atoms with Crippen LogP contribution in [0.1, 0.15) is 23.5 Å². The summed E-state index contributed by atoms with van der Waals surface area (Å²) < 4.78 is 10.5. The second-order valence-electron chi connectivity index (χ2n) is 4.19. The highest BCUT2D eigenvalue weighted by molar-refractivity contribution is 5.38.